The number of ether oxygens (including phenoxy) is 3. The van der Waals surface area contributed by atoms with Gasteiger partial charge in [0.2, 0.25) is 0 Å². The first-order valence-corrected chi connectivity index (χ1v) is 7.59. The van der Waals surface area contributed by atoms with E-state index in [0.29, 0.717) is 32.7 Å². The molecule has 21 heavy (non-hydrogen) atoms. The molecule has 1 spiro atoms. The zero-order valence-corrected chi connectivity index (χ0v) is 12.8. The first kappa shape index (κ1) is 16.0. The summed E-state index contributed by atoms with van der Waals surface area (Å²) in [6.45, 7) is 6.00. The van der Waals surface area contributed by atoms with Gasteiger partial charge in [-0.05, 0) is 19.8 Å². The van der Waals surface area contributed by atoms with Crippen molar-refractivity contribution in [1.29, 1.82) is 0 Å². The van der Waals surface area contributed by atoms with Crippen molar-refractivity contribution in [2.24, 2.45) is 10.7 Å². The normalized spacial score (nSPS) is 25.3. The van der Waals surface area contributed by atoms with Crippen molar-refractivity contribution in [2.75, 3.05) is 26.4 Å². The van der Waals surface area contributed by atoms with Gasteiger partial charge in [0.25, 0.3) is 0 Å². The van der Waals surface area contributed by atoms with E-state index in [0.717, 1.165) is 30.7 Å². The summed E-state index contributed by atoms with van der Waals surface area (Å²) in [5.41, 5.74) is 7.73. The van der Waals surface area contributed by atoms with Crippen LogP contribution in [0.2, 0.25) is 0 Å². The number of aliphatic imine (C=N–C) groups is 1. The van der Waals surface area contributed by atoms with Crippen molar-refractivity contribution in [3.8, 4) is 0 Å². The molecule has 1 heterocycles. The molecule has 0 amide bonds. The van der Waals surface area contributed by atoms with Crippen LogP contribution in [0.5, 0.6) is 0 Å². The van der Waals surface area contributed by atoms with Crippen molar-refractivity contribution < 1.29 is 19.0 Å². The van der Waals surface area contributed by atoms with Crippen molar-refractivity contribution in [3.05, 3.63) is 11.3 Å². The van der Waals surface area contributed by atoms with Gasteiger partial charge in [-0.3, -0.25) is 4.99 Å². The van der Waals surface area contributed by atoms with Crippen LogP contribution in [0.25, 0.3) is 0 Å². The summed E-state index contributed by atoms with van der Waals surface area (Å²) in [6.07, 6.45) is 2.86. The van der Waals surface area contributed by atoms with Crippen LogP contribution >= 0.6 is 0 Å². The molecule has 6 nitrogen and oxygen atoms in total. The van der Waals surface area contributed by atoms with Gasteiger partial charge >= 0.3 is 5.97 Å². The molecular weight excluding hydrogens is 272 g/mol. The molecule has 2 rings (SSSR count). The minimum Gasteiger partial charge on any atom is -0.461 e. The lowest BCUT2D eigenvalue weighted by atomic mass is 9.86. The molecule has 0 radical (unpaired) electrons. The van der Waals surface area contributed by atoms with Gasteiger partial charge in [0.1, 0.15) is 5.70 Å². The molecule has 0 unspecified atom stereocenters. The molecular formula is C15H24N2O4. The summed E-state index contributed by atoms with van der Waals surface area (Å²) in [6, 6.07) is 0. The first-order valence-electron chi connectivity index (χ1n) is 7.59. The van der Waals surface area contributed by atoms with Gasteiger partial charge in [-0.2, -0.15) is 0 Å². The lowest BCUT2D eigenvalue weighted by Gasteiger charge is -2.34. The molecule has 0 aromatic carbocycles. The third-order valence-electron chi connectivity index (χ3n) is 3.70. The van der Waals surface area contributed by atoms with Crippen molar-refractivity contribution in [2.45, 2.75) is 45.3 Å². The van der Waals surface area contributed by atoms with E-state index in [-0.39, 0.29) is 5.70 Å². The van der Waals surface area contributed by atoms with E-state index in [1.54, 1.807) is 6.92 Å². The van der Waals surface area contributed by atoms with E-state index < -0.39 is 11.8 Å². The van der Waals surface area contributed by atoms with E-state index in [1.807, 2.05) is 0 Å². The quantitative estimate of drug-likeness (QED) is 0.628. The van der Waals surface area contributed by atoms with Crippen molar-refractivity contribution in [1.82, 2.24) is 0 Å². The standard InChI is InChI=1S/C15H24N2O4/c1-3-7-17-12-5-6-15(20-8-9-21-15)10-11(12)13(16)14(18)19-4-2/h3-10,16H2,1-2H3. The Morgan fingerprint density at radius 3 is 2.71 bits per heavy atom. The summed E-state index contributed by atoms with van der Waals surface area (Å²) < 4.78 is 16.5. The fraction of sp³-hybridized carbons (Fsp3) is 0.733. The molecule has 1 aliphatic carbocycles. The van der Waals surface area contributed by atoms with E-state index in [2.05, 4.69) is 11.9 Å². The number of rotatable bonds is 4. The summed E-state index contributed by atoms with van der Waals surface area (Å²) in [4.78, 5) is 16.5. The highest BCUT2D eigenvalue weighted by atomic mass is 16.7. The molecule has 2 aliphatic rings. The summed E-state index contributed by atoms with van der Waals surface area (Å²) in [5.74, 6) is -1.13. The molecule has 1 saturated carbocycles. The number of hydrogen-bond acceptors (Lipinski definition) is 6. The fourth-order valence-corrected chi connectivity index (χ4v) is 2.67. The predicted octanol–water partition coefficient (Wildman–Crippen LogP) is 1.54. The Hall–Kier alpha value is -1.40. The van der Waals surface area contributed by atoms with Crippen LogP contribution in [0.4, 0.5) is 0 Å². The Bertz CT molecular complexity index is 451. The van der Waals surface area contributed by atoms with Gasteiger partial charge < -0.3 is 19.9 Å². The molecule has 2 N–H and O–H groups in total. The average Bonchev–Trinajstić information content (AvgIpc) is 2.93. The maximum atomic E-state index is 11.9. The largest absolute Gasteiger partial charge is 0.461 e. The lowest BCUT2D eigenvalue weighted by Crippen LogP contribution is -2.38. The zero-order chi connectivity index (χ0) is 15.3. The van der Waals surface area contributed by atoms with E-state index in [9.17, 15) is 4.79 Å². The van der Waals surface area contributed by atoms with E-state index >= 15 is 0 Å². The highest BCUT2D eigenvalue weighted by Gasteiger charge is 2.42. The van der Waals surface area contributed by atoms with Gasteiger partial charge in [-0.1, -0.05) is 6.92 Å². The van der Waals surface area contributed by atoms with Crippen LogP contribution in [0.15, 0.2) is 16.3 Å². The lowest BCUT2D eigenvalue weighted by molar-refractivity contribution is -0.161. The Labute approximate surface area is 125 Å². The Morgan fingerprint density at radius 2 is 2.10 bits per heavy atom. The monoisotopic (exact) mass is 296 g/mol. The number of esters is 1. The summed E-state index contributed by atoms with van der Waals surface area (Å²) in [7, 11) is 0. The topological polar surface area (TPSA) is 83.1 Å². The van der Waals surface area contributed by atoms with Crippen molar-refractivity contribution in [3.63, 3.8) is 0 Å². The maximum absolute atomic E-state index is 11.9. The minimum atomic E-state index is -0.641. The van der Waals surface area contributed by atoms with Gasteiger partial charge in [-0.15, -0.1) is 0 Å². The summed E-state index contributed by atoms with van der Waals surface area (Å²) in [5, 5.41) is 0. The SMILES string of the molecule is CCCN=C1CCC2(CC1=C(N)C(=O)OCC)OCCO2. The fourth-order valence-electron chi connectivity index (χ4n) is 2.67. The zero-order valence-electron chi connectivity index (χ0n) is 12.8. The molecule has 2 fully saturated rings. The highest BCUT2D eigenvalue weighted by Crippen LogP contribution is 2.38. The summed E-state index contributed by atoms with van der Waals surface area (Å²) >= 11 is 0. The molecule has 6 heteroatoms. The second-order valence-corrected chi connectivity index (χ2v) is 5.23. The maximum Gasteiger partial charge on any atom is 0.354 e. The third-order valence-corrected chi connectivity index (χ3v) is 3.70. The Kier molecular flexibility index (Phi) is 5.36. The first-order chi connectivity index (χ1) is 10.1. The molecule has 118 valence electrons. The van der Waals surface area contributed by atoms with Gasteiger partial charge in [0, 0.05) is 30.7 Å². The van der Waals surface area contributed by atoms with Gasteiger partial charge in [-0.25, -0.2) is 4.79 Å². The second kappa shape index (κ2) is 7.04. The Morgan fingerprint density at radius 1 is 1.38 bits per heavy atom. The molecule has 0 bridgehead atoms. The van der Waals surface area contributed by atoms with E-state index in [4.69, 9.17) is 19.9 Å². The molecule has 0 aromatic heterocycles. The average molecular weight is 296 g/mol. The minimum absolute atomic E-state index is 0.130. The molecule has 1 saturated heterocycles. The third kappa shape index (κ3) is 3.63. The number of carbonyl (C=O) groups excluding carboxylic acids is 1. The molecule has 1 aliphatic heterocycles. The molecule has 0 aromatic rings. The second-order valence-electron chi connectivity index (χ2n) is 5.23. The smallest absolute Gasteiger partial charge is 0.354 e. The van der Waals surface area contributed by atoms with Crippen LogP contribution in [0, 0.1) is 0 Å². The van der Waals surface area contributed by atoms with Crippen LogP contribution in [-0.2, 0) is 19.0 Å². The number of nitrogens with zero attached hydrogens (tertiary/aromatic N) is 1. The number of hydrogen-bond donors (Lipinski definition) is 1. The predicted molar refractivity (Wildman–Crippen MR) is 78.9 cm³/mol. The molecule has 0 atom stereocenters. The number of nitrogens with two attached hydrogens (primary N) is 1. The van der Waals surface area contributed by atoms with Crippen LogP contribution in [0.1, 0.15) is 39.5 Å². The highest BCUT2D eigenvalue weighted by molar-refractivity contribution is 6.07. The van der Waals surface area contributed by atoms with Crippen molar-refractivity contribution >= 4 is 11.7 Å². The number of carbonyl (C=O) groups is 1. The van der Waals surface area contributed by atoms with Crippen LogP contribution < -0.4 is 5.73 Å². The Balaban J connectivity index is 2.28. The van der Waals surface area contributed by atoms with E-state index in [1.165, 1.54) is 0 Å². The van der Waals surface area contributed by atoms with Gasteiger partial charge in [0.05, 0.1) is 19.8 Å². The van der Waals surface area contributed by atoms with Gasteiger partial charge in [0.15, 0.2) is 5.79 Å². The van der Waals surface area contributed by atoms with Crippen LogP contribution in [-0.4, -0.2) is 43.8 Å². The van der Waals surface area contributed by atoms with Crippen LogP contribution in [0.3, 0.4) is 0 Å².